The molecule has 0 aliphatic heterocycles. The van der Waals surface area contributed by atoms with Gasteiger partial charge in [0.2, 0.25) is 0 Å². The second kappa shape index (κ2) is 5.58. The molecule has 15 heavy (non-hydrogen) atoms. The lowest BCUT2D eigenvalue weighted by Gasteiger charge is -1.97. The van der Waals surface area contributed by atoms with Gasteiger partial charge in [0.1, 0.15) is 5.52 Å². The fraction of sp³-hybridized carbons (Fsp3) is 0.111. The SMILES string of the molecule is CC(=O)Oc1ccn2ccncc12.Cl.Cl. The van der Waals surface area contributed by atoms with E-state index in [-0.39, 0.29) is 30.8 Å². The number of carbonyl (C=O) groups is 1. The van der Waals surface area contributed by atoms with E-state index in [0.717, 1.165) is 5.52 Å². The van der Waals surface area contributed by atoms with Gasteiger partial charge in [-0.3, -0.25) is 9.78 Å². The van der Waals surface area contributed by atoms with Crippen molar-refractivity contribution in [1.29, 1.82) is 0 Å². The van der Waals surface area contributed by atoms with Crippen molar-refractivity contribution in [3.8, 4) is 5.75 Å². The Morgan fingerprint density at radius 3 is 2.80 bits per heavy atom. The van der Waals surface area contributed by atoms with Crippen LogP contribution in [0.5, 0.6) is 5.75 Å². The van der Waals surface area contributed by atoms with E-state index in [4.69, 9.17) is 4.74 Å². The minimum Gasteiger partial charge on any atom is -0.424 e. The molecule has 0 unspecified atom stereocenters. The van der Waals surface area contributed by atoms with Crippen LogP contribution in [-0.2, 0) is 4.79 Å². The van der Waals surface area contributed by atoms with Gasteiger partial charge in [-0.1, -0.05) is 0 Å². The number of ether oxygens (including phenoxy) is 1. The predicted molar refractivity (Wildman–Crippen MR) is 61.0 cm³/mol. The Labute approximate surface area is 99.1 Å². The molecule has 82 valence electrons. The summed E-state index contributed by atoms with van der Waals surface area (Å²) in [7, 11) is 0. The summed E-state index contributed by atoms with van der Waals surface area (Å²) in [5.74, 6) is 0.220. The van der Waals surface area contributed by atoms with Crippen molar-refractivity contribution in [3.05, 3.63) is 30.9 Å². The first-order valence-corrected chi connectivity index (χ1v) is 3.86. The van der Waals surface area contributed by atoms with Crippen LogP contribution < -0.4 is 4.74 Å². The molecule has 6 heteroatoms. The first-order valence-electron chi connectivity index (χ1n) is 3.86. The van der Waals surface area contributed by atoms with Crippen LogP contribution >= 0.6 is 24.8 Å². The minimum atomic E-state index is -0.322. The Bertz CT molecular complexity index is 456. The second-order valence-corrected chi connectivity index (χ2v) is 2.64. The molecule has 0 N–H and O–H groups in total. The van der Waals surface area contributed by atoms with Gasteiger partial charge in [-0.15, -0.1) is 24.8 Å². The molecule has 0 amide bonds. The van der Waals surface area contributed by atoms with Crippen molar-refractivity contribution in [3.63, 3.8) is 0 Å². The van der Waals surface area contributed by atoms with Gasteiger partial charge in [0.25, 0.3) is 0 Å². The molecule has 0 radical (unpaired) electrons. The molecule has 0 fully saturated rings. The van der Waals surface area contributed by atoms with Gasteiger partial charge in [-0.2, -0.15) is 0 Å². The number of halogens is 2. The van der Waals surface area contributed by atoms with Crippen LogP contribution in [0.1, 0.15) is 6.92 Å². The molecule has 0 atom stereocenters. The molecule has 0 aromatic carbocycles. The Hall–Kier alpha value is -1.26. The maximum Gasteiger partial charge on any atom is 0.308 e. The van der Waals surface area contributed by atoms with Crippen molar-refractivity contribution >= 4 is 36.3 Å². The lowest BCUT2D eigenvalue weighted by Crippen LogP contribution is -2.00. The summed E-state index contributed by atoms with van der Waals surface area (Å²) >= 11 is 0. The van der Waals surface area contributed by atoms with E-state index in [9.17, 15) is 4.79 Å². The normalized spacial score (nSPS) is 8.87. The number of hydrogen-bond acceptors (Lipinski definition) is 3. The van der Waals surface area contributed by atoms with Gasteiger partial charge >= 0.3 is 5.97 Å². The van der Waals surface area contributed by atoms with Crippen LogP contribution in [0.15, 0.2) is 30.9 Å². The third-order valence-electron chi connectivity index (χ3n) is 1.68. The number of nitrogens with zero attached hydrogens (tertiary/aromatic N) is 2. The first-order chi connectivity index (χ1) is 6.27. The number of hydrogen-bond donors (Lipinski definition) is 0. The van der Waals surface area contributed by atoms with Crippen molar-refractivity contribution in [2.45, 2.75) is 6.92 Å². The predicted octanol–water partition coefficient (Wildman–Crippen LogP) is 2.10. The van der Waals surface area contributed by atoms with E-state index in [2.05, 4.69) is 4.98 Å². The average molecular weight is 249 g/mol. The summed E-state index contributed by atoms with van der Waals surface area (Å²) in [6.07, 6.45) is 6.93. The van der Waals surface area contributed by atoms with Crippen LogP contribution in [0.4, 0.5) is 0 Å². The van der Waals surface area contributed by atoms with E-state index >= 15 is 0 Å². The van der Waals surface area contributed by atoms with Gasteiger partial charge in [0.05, 0.1) is 6.20 Å². The Morgan fingerprint density at radius 2 is 2.13 bits per heavy atom. The highest BCUT2D eigenvalue weighted by Gasteiger charge is 2.04. The average Bonchev–Trinajstić information content (AvgIpc) is 2.48. The van der Waals surface area contributed by atoms with Gasteiger partial charge in [-0.25, -0.2) is 0 Å². The summed E-state index contributed by atoms with van der Waals surface area (Å²) in [5.41, 5.74) is 0.790. The highest BCUT2D eigenvalue weighted by molar-refractivity contribution is 5.85. The zero-order valence-corrected chi connectivity index (χ0v) is 9.55. The van der Waals surface area contributed by atoms with Crippen molar-refractivity contribution < 1.29 is 9.53 Å². The highest BCUT2D eigenvalue weighted by atomic mass is 35.5. The fourth-order valence-corrected chi connectivity index (χ4v) is 1.17. The molecule has 0 saturated heterocycles. The van der Waals surface area contributed by atoms with Crippen LogP contribution in [0.2, 0.25) is 0 Å². The highest BCUT2D eigenvalue weighted by Crippen LogP contribution is 2.19. The molecule has 0 aliphatic rings. The molecule has 0 spiro atoms. The lowest BCUT2D eigenvalue weighted by molar-refractivity contribution is -0.131. The van der Waals surface area contributed by atoms with E-state index in [0.29, 0.717) is 5.75 Å². The minimum absolute atomic E-state index is 0. The maximum atomic E-state index is 10.7. The largest absolute Gasteiger partial charge is 0.424 e. The number of rotatable bonds is 1. The van der Waals surface area contributed by atoms with Crippen LogP contribution in [0, 0.1) is 0 Å². The van der Waals surface area contributed by atoms with Crippen LogP contribution in [0.3, 0.4) is 0 Å². The molecule has 2 rings (SSSR count). The summed E-state index contributed by atoms with van der Waals surface area (Å²) in [6, 6.07) is 1.73. The molecular formula is C9H10Cl2N2O2. The maximum absolute atomic E-state index is 10.7. The quantitative estimate of drug-likeness (QED) is 0.727. The number of carbonyl (C=O) groups excluding carboxylic acids is 1. The molecule has 0 bridgehead atoms. The molecule has 0 saturated carbocycles. The monoisotopic (exact) mass is 248 g/mol. The summed E-state index contributed by atoms with van der Waals surface area (Å²) in [4.78, 5) is 14.6. The zero-order chi connectivity index (χ0) is 9.26. The molecular weight excluding hydrogens is 239 g/mol. The molecule has 2 aromatic rings. The van der Waals surface area contributed by atoms with Crippen LogP contribution in [-0.4, -0.2) is 15.4 Å². The second-order valence-electron chi connectivity index (χ2n) is 2.64. The van der Waals surface area contributed by atoms with E-state index in [1.54, 1.807) is 24.7 Å². The standard InChI is InChI=1S/C9H8N2O2.2ClH/c1-7(12)13-9-2-4-11-5-3-10-6-8(9)11;;/h2-6H,1H3;2*1H. The smallest absolute Gasteiger partial charge is 0.308 e. The number of esters is 1. The summed E-state index contributed by atoms with van der Waals surface area (Å²) in [6.45, 7) is 1.37. The molecule has 4 nitrogen and oxygen atoms in total. The van der Waals surface area contributed by atoms with Gasteiger partial charge in [-0.05, 0) is 6.07 Å². The third-order valence-corrected chi connectivity index (χ3v) is 1.68. The molecule has 0 aliphatic carbocycles. The van der Waals surface area contributed by atoms with Crippen molar-refractivity contribution in [1.82, 2.24) is 9.38 Å². The van der Waals surface area contributed by atoms with E-state index in [1.165, 1.54) is 6.92 Å². The van der Waals surface area contributed by atoms with Crippen molar-refractivity contribution in [2.75, 3.05) is 0 Å². The van der Waals surface area contributed by atoms with Gasteiger partial charge in [0, 0.05) is 25.5 Å². The summed E-state index contributed by atoms with van der Waals surface area (Å²) < 4.78 is 6.81. The first kappa shape index (κ1) is 13.7. The fourth-order valence-electron chi connectivity index (χ4n) is 1.17. The Morgan fingerprint density at radius 1 is 1.40 bits per heavy atom. The summed E-state index contributed by atoms with van der Waals surface area (Å²) in [5, 5.41) is 0. The van der Waals surface area contributed by atoms with Gasteiger partial charge in [0.15, 0.2) is 5.75 Å². The molecule has 2 heterocycles. The number of aromatic nitrogens is 2. The van der Waals surface area contributed by atoms with E-state index in [1.807, 2.05) is 10.6 Å². The topological polar surface area (TPSA) is 43.6 Å². The zero-order valence-electron chi connectivity index (χ0n) is 7.91. The van der Waals surface area contributed by atoms with Crippen LogP contribution in [0.25, 0.3) is 5.52 Å². The number of fused-ring (bicyclic) bond motifs is 1. The van der Waals surface area contributed by atoms with E-state index < -0.39 is 0 Å². The van der Waals surface area contributed by atoms with Gasteiger partial charge < -0.3 is 9.14 Å². The Balaban J connectivity index is 0.000000980. The third kappa shape index (κ3) is 2.84. The lowest BCUT2D eigenvalue weighted by atomic mass is 10.5. The molecule has 2 aromatic heterocycles. The Kier molecular flexibility index (Phi) is 5.11. The van der Waals surface area contributed by atoms with Crippen molar-refractivity contribution in [2.24, 2.45) is 0 Å².